The third-order valence-corrected chi connectivity index (χ3v) is 5.73. The van der Waals surface area contributed by atoms with E-state index in [0.29, 0.717) is 33.7 Å². The summed E-state index contributed by atoms with van der Waals surface area (Å²) in [6.07, 6.45) is 3.46. The average Bonchev–Trinajstić information content (AvgIpc) is 2.75. The second-order valence-corrected chi connectivity index (χ2v) is 8.67. The summed E-state index contributed by atoms with van der Waals surface area (Å²) in [6, 6.07) is 18.0. The predicted octanol–water partition coefficient (Wildman–Crippen LogP) is 5.64. The van der Waals surface area contributed by atoms with Crippen molar-refractivity contribution >= 4 is 61.6 Å². The van der Waals surface area contributed by atoms with E-state index in [4.69, 9.17) is 9.72 Å². The molecule has 0 spiro atoms. The first-order valence-corrected chi connectivity index (χ1v) is 10.9. The third kappa shape index (κ3) is 4.13. The molecule has 0 atom stereocenters. The summed E-state index contributed by atoms with van der Waals surface area (Å²) in [7, 11) is 1.58. The van der Waals surface area contributed by atoms with E-state index in [2.05, 4.69) is 38.5 Å². The van der Waals surface area contributed by atoms with Gasteiger partial charge in [-0.3, -0.25) is 9.36 Å². The Labute approximate surface area is 194 Å². The van der Waals surface area contributed by atoms with Gasteiger partial charge in [0.15, 0.2) is 0 Å². The van der Waals surface area contributed by atoms with Gasteiger partial charge in [-0.05, 0) is 83.3 Å². The second-order valence-electron chi connectivity index (χ2n) is 6.51. The lowest BCUT2D eigenvalue weighted by Crippen LogP contribution is -2.22. The van der Waals surface area contributed by atoms with Crippen LogP contribution in [0.5, 0.6) is 11.5 Å². The summed E-state index contributed by atoms with van der Waals surface area (Å²) in [6.45, 7) is 0. The molecule has 0 fully saturated rings. The maximum atomic E-state index is 13.4. The molecule has 0 saturated heterocycles. The molecule has 4 rings (SSSR count). The van der Waals surface area contributed by atoms with Crippen LogP contribution >= 0.6 is 38.5 Å². The highest BCUT2D eigenvalue weighted by Gasteiger charge is 2.12. The second kappa shape index (κ2) is 8.61. The number of hydrogen-bond donors (Lipinski definition) is 1. The fourth-order valence-corrected chi connectivity index (χ4v) is 3.98. The van der Waals surface area contributed by atoms with Crippen LogP contribution in [0.3, 0.4) is 0 Å². The molecule has 5 nitrogen and oxygen atoms in total. The van der Waals surface area contributed by atoms with Crippen molar-refractivity contribution in [3.63, 3.8) is 0 Å². The van der Waals surface area contributed by atoms with Crippen molar-refractivity contribution in [1.82, 2.24) is 9.55 Å². The Kier molecular flexibility index (Phi) is 5.92. The van der Waals surface area contributed by atoms with Crippen molar-refractivity contribution in [1.29, 1.82) is 0 Å². The fraction of sp³-hybridized carbons (Fsp3) is 0.0435. The van der Waals surface area contributed by atoms with E-state index in [1.54, 1.807) is 48.1 Å². The lowest BCUT2D eigenvalue weighted by atomic mass is 10.1. The number of ether oxygens (including phenoxy) is 1. The maximum Gasteiger partial charge on any atom is 0.266 e. The molecule has 0 bridgehead atoms. The zero-order valence-corrected chi connectivity index (χ0v) is 19.6. The third-order valence-electron chi connectivity index (χ3n) is 4.57. The highest BCUT2D eigenvalue weighted by Crippen LogP contribution is 2.25. The van der Waals surface area contributed by atoms with Crippen molar-refractivity contribution < 1.29 is 9.84 Å². The molecule has 0 amide bonds. The predicted molar refractivity (Wildman–Crippen MR) is 131 cm³/mol. The van der Waals surface area contributed by atoms with Gasteiger partial charge in [-0.25, -0.2) is 4.98 Å². The number of halogens is 2. The normalized spacial score (nSPS) is 11.3. The smallest absolute Gasteiger partial charge is 0.266 e. The Balaban J connectivity index is 1.97. The van der Waals surface area contributed by atoms with Gasteiger partial charge in [0.2, 0.25) is 0 Å². The number of phenolic OH excluding ortho intramolecular Hbond substituents is 1. The van der Waals surface area contributed by atoms with E-state index in [-0.39, 0.29) is 11.3 Å². The summed E-state index contributed by atoms with van der Waals surface area (Å²) in [5.74, 6) is 1.23. The number of methoxy groups -OCH3 is 1. The van der Waals surface area contributed by atoms with Gasteiger partial charge in [0.1, 0.15) is 17.3 Å². The summed E-state index contributed by atoms with van der Waals surface area (Å²) in [5, 5.41) is 10.7. The lowest BCUT2D eigenvalue weighted by molar-refractivity contribution is 0.414. The number of hydrogen-bond acceptors (Lipinski definition) is 4. The molecule has 3 aromatic carbocycles. The van der Waals surface area contributed by atoms with Gasteiger partial charge in [0, 0.05) is 19.7 Å². The summed E-state index contributed by atoms with van der Waals surface area (Å²) in [4.78, 5) is 18.1. The Bertz CT molecular complexity index is 1350. The molecule has 0 unspecified atom stereocenters. The summed E-state index contributed by atoms with van der Waals surface area (Å²) in [5.41, 5.74) is 1.69. The quantitative estimate of drug-likeness (QED) is 0.321. The summed E-state index contributed by atoms with van der Waals surface area (Å²) >= 11 is 5.59. The largest absolute Gasteiger partial charge is 0.507 e. The molecule has 0 aliphatic carbocycles. The van der Waals surface area contributed by atoms with E-state index < -0.39 is 0 Å². The van der Waals surface area contributed by atoms with E-state index in [0.717, 1.165) is 8.04 Å². The van der Waals surface area contributed by atoms with E-state index in [9.17, 15) is 9.90 Å². The minimum Gasteiger partial charge on any atom is -0.507 e. The van der Waals surface area contributed by atoms with Crippen LogP contribution in [0.15, 0.2) is 69.9 Å². The van der Waals surface area contributed by atoms with Gasteiger partial charge >= 0.3 is 0 Å². The van der Waals surface area contributed by atoms with Gasteiger partial charge in [-0.1, -0.05) is 22.0 Å². The first-order valence-electron chi connectivity index (χ1n) is 8.99. The van der Waals surface area contributed by atoms with Crippen LogP contribution in [0.25, 0.3) is 28.7 Å². The number of rotatable bonds is 4. The topological polar surface area (TPSA) is 64.3 Å². The number of nitrogens with zero attached hydrogens (tertiary/aromatic N) is 2. The molecule has 0 radical (unpaired) electrons. The maximum absolute atomic E-state index is 13.4. The minimum absolute atomic E-state index is 0.139. The monoisotopic (exact) mass is 574 g/mol. The van der Waals surface area contributed by atoms with Crippen molar-refractivity contribution in [3.8, 4) is 17.2 Å². The van der Waals surface area contributed by atoms with Gasteiger partial charge in [-0.2, -0.15) is 0 Å². The number of benzene rings is 3. The van der Waals surface area contributed by atoms with Crippen molar-refractivity contribution in [2.24, 2.45) is 0 Å². The van der Waals surface area contributed by atoms with Crippen molar-refractivity contribution in [2.45, 2.75) is 0 Å². The number of phenols is 1. The molecule has 1 N–H and O–H groups in total. The van der Waals surface area contributed by atoms with Gasteiger partial charge in [0.25, 0.3) is 5.56 Å². The molecular weight excluding hydrogens is 559 g/mol. The highest BCUT2D eigenvalue weighted by atomic mass is 127. The van der Waals surface area contributed by atoms with Crippen LogP contribution in [-0.4, -0.2) is 21.8 Å². The molecule has 4 aromatic rings. The average molecular weight is 575 g/mol. The van der Waals surface area contributed by atoms with Crippen LogP contribution in [-0.2, 0) is 0 Å². The van der Waals surface area contributed by atoms with Crippen molar-refractivity contribution in [3.05, 3.63) is 90.4 Å². The molecule has 1 heterocycles. The first kappa shape index (κ1) is 20.6. The van der Waals surface area contributed by atoms with E-state index in [1.165, 1.54) is 0 Å². The van der Waals surface area contributed by atoms with Crippen LogP contribution in [0.2, 0.25) is 0 Å². The number of aromatic hydroxyl groups is 1. The first-order chi connectivity index (χ1) is 14.5. The van der Waals surface area contributed by atoms with Crippen LogP contribution in [0.1, 0.15) is 11.4 Å². The molecule has 7 heteroatoms. The van der Waals surface area contributed by atoms with Gasteiger partial charge in [0.05, 0.1) is 23.7 Å². The standard InChI is InChI=1S/C23H16BrIN2O3/c1-30-18-4-2-3-17(13-18)27-22(10-5-14-11-15(24)6-9-21(14)28)26-20-8-7-16(25)12-19(20)23(27)29/h2-13,28H,1H3/b10-5+. The van der Waals surface area contributed by atoms with Gasteiger partial charge in [-0.15, -0.1) is 0 Å². The highest BCUT2D eigenvalue weighted by molar-refractivity contribution is 14.1. The molecule has 0 saturated carbocycles. The van der Waals surface area contributed by atoms with E-state index in [1.807, 2.05) is 36.4 Å². The fourth-order valence-electron chi connectivity index (χ4n) is 3.11. The zero-order chi connectivity index (χ0) is 21.3. The minimum atomic E-state index is -0.176. The Morgan fingerprint density at radius 1 is 1.10 bits per heavy atom. The summed E-state index contributed by atoms with van der Waals surface area (Å²) < 4.78 is 8.67. The molecule has 0 aliphatic heterocycles. The van der Waals surface area contributed by atoms with Crippen LogP contribution < -0.4 is 10.3 Å². The Morgan fingerprint density at radius 2 is 1.93 bits per heavy atom. The molecule has 0 aliphatic rings. The number of aromatic nitrogens is 2. The number of fused-ring (bicyclic) bond motifs is 1. The molecule has 150 valence electrons. The van der Waals surface area contributed by atoms with Crippen LogP contribution in [0.4, 0.5) is 0 Å². The SMILES string of the molecule is COc1cccc(-n2c(/C=C/c3cc(Br)ccc3O)nc3ccc(I)cc3c2=O)c1. The van der Waals surface area contributed by atoms with E-state index >= 15 is 0 Å². The Hall–Kier alpha value is -2.65. The molecular formula is C23H16BrIN2O3. The molecule has 30 heavy (non-hydrogen) atoms. The molecule has 1 aromatic heterocycles. The van der Waals surface area contributed by atoms with Crippen LogP contribution in [0, 0.1) is 3.57 Å². The van der Waals surface area contributed by atoms with Crippen molar-refractivity contribution in [2.75, 3.05) is 7.11 Å². The van der Waals surface area contributed by atoms with Gasteiger partial charge < -0.3 is 9.84 Å². The Morgan fingerprint density at radius 3 is 2.73 bits per heavy atom. The zero-order valence-electron chi connectivity index (χ0n) is 15.8. The lowest BCUT2D eigenvalue weighted by Gasteiger charge is -2.13.